The third kappa shape index (κ3) is 2.69. The number of carboxylic acids is 1. The Morgan fingerprint density at radius 1 is 1.35 bits per heavy atom. The molecule has 1 aromatic rings. The standard InChI is InChI=1S/C14H21N3O3/c1-8-12(9(2)17(3)16-8)7-15-13(18)10-5-4-6-11(10)14(19)20/h10-11H,4-7H2,1-3H3,(H,15,18)(H,19,20)/t10-,11+/m1/s1. The van der Waals surface area contributed by atoms with Gasteiger partial charge in [-0.2, -0.15) is 5.10 Å². The van der Waals surface area contributed by atoms with Crippen LogP contribution in [0.1, 0.15) is 36.2 Å². The van der Waals surface area contributed by atoms with Crippen molar-refractivity contribution in [1.82, 2.24) is 15.1 Å². The predicted molar refractivity (Wildman–Crippen MR) is 73.0 cm³/mol. The van der Waals surface area contributed by atoms with E-state index in [9.17, 15) is 9.59 Å². The van der Waals surface area contributed by atoms with Gasteiger partial charge in [-0.05, 0) is 26.7 Å². The van der Waals surface area contributed by atoms with Crippen molar-refractivity contribution in [3.05, 3.63) is 17.0 Å². The van der Waals surface area contributed by atoms with Crippen LogP contribution in [0.2, 0.25) is 0 Å². The summed E-state index contributed by atoms with van der Waals surface area (Å²) in [6, 6.07) is 0. The van der Waals surface area contributed by atoms with E-state index >= 15 is 0 Å². The molecule has 0 radical (unpaired) electrons. The van der Waals surface area contributed by atoms with Crippen molar-refractivity contribution in [2.75, 3.05) is 0 Å². The highest BCUT2D eigenvalue weighted by Crippen LogP contribution is 2.32. The first kappa shape index (κ1) is 14.6. The zero-order valence-electron chi connectivity index (χ0n) is 12.1. The fourth-order valence-electron chi connectivity index (χ4n) is 2.95. The van der Waals surface area contributed by atoms with Crippen LogP contribution in [-0.2, 0) is 23.2 Å². The minimum absolute atomic E-state index is 0.155. The van der Waals surface area contributed by atoms with Gasteiger partial charge in [0, 0.05) is 24.8 Å². The van der Waals surface area contributed by atoms with Crippen molar-refractivity contribution < 1.29 is 14.7 Å². The monoisotopic (exact) mass is 279 g/mol. The average Bonchev–Trinajstić information content (AvgIpc) is 2.95. The molecular formula is C14H21N3O3. The zero-order valence-corrected chi connectivity index (χ0v) is 12.1. The molecule has 2 atom stereocenters. The normalized spacial score (nSPS) is 21.9. The molecule has 6 nitrogen and oxygen atoms in total. The number of amides is 1. The lowest BCUT2D eigenvalue weighted by molar-refractivity contribution is -0.146. The van der Waals surface area contributed by atoms with Gasteiger partial charge in [-0.1, -0.05) is 6.42 Å². The number of hydrogen-bond donors (Lipinski definition) is 2. The van der Waals surface area contributed by atoms with E-state index in [-0.39, 0.29) is 5.91 Å². The van der Waals surface area contributed by atoms with E-state index in [2.05, 4.69) is 10.4 Å². The highest BCUT2D eigenvalue weighted by atomic mass is 16.4. The summed E-state index contributed by atoms with van der Waals surface area (Å²) in [5.41, 5.74) is 2.92. The number of rotatable bonds is 4. The van der Waals surface area contributed by atoms with Crippen LogP contribution in [0.15, 0.2) is 0 Å². The first-order valence-electron chi connectivity index (χ1n) is 6.91. The first-order valence-corrected chi connectivity index (χ1v) is 6.91. The highest BCUT2D eigenvalue weighted by molar-refractivity contribution is 5.85. The van der Waals surface area contributed by atoms with Crippen molar-refractivity contribution in [3.8, 4) is 0 Å². The quantitative estimate of drug-likeness (QED) is 0.866. The van der Waals surface area contributed by atoms with Crippen molar-refractivity contribution in [3.63, 3.8) is 0 Å². The molecule has 1 aliphatic carbocycles. The average molecular weight is 279 g/mol. The Hall–Kier alpha value is -1.85. The summed E-state index contributed by atoms with van der Waals surface area (Å²) in [5.74, 6) is -1.95. The molecule has 2 rings (SSSR count). The molecule has 0 aromatic carbocycles. The fraction of sp³-hybridized carbons (Fsp3) is 0.643. The van der Waals surface area contributed by atoms with Crippen LogP contribution in [-0.4, -0.2) is 26.8 Å². The molecule has 2 N–H and O–H groups in total. The second-order valence-electron chi connectivity index (χ2n) is 5.47. The third-order valence-corrected chi connectivity index (χ3v) is 4.27. The molecule has 1 fully saturated rings. The molecule has 0 saturated heterocycles. The number of aromatic nitrogens is 2. The van der Waals surface area contributed by atoms with E-state index in [1.807, 2.05) is 20.9 Å². The van der Waals surface area contributed by atoms with Crippen LogP contribution in [0.4, 0.5) is 0 Å². The molecule has 6 heteroatoms. The number of nitrogens with zero attached hydrogens (tertiary/aromatic N) is 2. The Morgan fingerprint density at radius 3 is 2.55 bits per heavy atom. The Labute approximate surface area is 118 Å². The summed E-state index contributed by atoms with van der Waals surface area (Å²) >= 11 is 0. The number of carbonyl (C=O) groups is 2. The number of carbonyl (C=O) groups excluding carboxylic acids is 1. The highest BCUT2D eigenvalue weighted by Gasteiger charge is 2.37. The van der Waals surface area contributed by atoms with Gasteiger partial charge in [0.1, 0.15) is 0 Å². The van der Waals surface area contributed by atoms with Crippen LogP contribution in [0.3, 0.4) is 0 Å². The van der Waals surface area contributed by atoms with Crippen LogP contribution in [0.25, 0.3) is 0 Å². The minimum Gasteiger partial charge on any atom is -0.481 e. The lowest BCUT2D eigenvalue weighted by atomic mass is 9.95. The van der Waals surface area contributed by atoms with Crippen LogP contribution >= 0.6 is 0 Å². The van der Waals surface area contributed by atoms with Gasteiger partial charge in [-0.25, -0.2) is 0 Å². The van der Waals surface area contributed by atoms with Gasteiger partial charge < -0.3 is 10.4 Å². The van der Waals surface area contributed by atoms with Crippen molar-refractivity contribution in [2.24, 2.45) is 18.9 Å². The molecular weight excluding hydrogens is 258 g/mol. The predicted octanol–water partition coefficient (Wildman–Crippen LogP) is 1.15. The van der Waals surface area contributed by atoms with E-state index in [0.29, 0.717) is 19.4 Å². The Bertz CT molecular complexity index is 536. The van der Waals surface area contributed by atoms with E-state index in [1.165, 1.54) is 0 Å². The largest absolute Gasteiger partial charge is 0.481 e. The van der Waals surface area contributed by atoms with E-state index < -0.39 is 17.8 Å². The Morgan fingerprint density at radius 2 is 2.00 bits per heavy atom. The van der Waals surface area contributed by atoms with Gasteiger partial charge in [0.25, 0.3) is 0 Å². The SMILES string of the molecule is Cc1nn(C)c(C)c1CNC(=O)[C@@H]1CCC[C@@H]1C(=O)O. The molecule has 20 heavy (non-hydrogen) atoms. The molecule has 110 valence electrons. The summed E-state index contributed by atoms with van der Waals surface area (Å²) in [6.07, 6.45) is 2.06. The Balaban J connectivity index is 2.00. The molecule has 0 unspecified atom stereocenters. The summed E-state index contributed by atoms with van der Waals surface area (Å²) in [7, 11) is 1.87. The van der Waals surface area contributed by atoms with Gasteiger partial charge in [0.05, 0.1) is 17.5 Å². The van der Waals surface area contributed by atoms with Gasteiger partial charge in [0.15, 0.2) is 0 Å². The molecule has 1 saturated carbocycles. The fourth-order valence-corrected chi connectivity index (χ4v) is 2.95. The van der Waals surface area contributed by atoms with Crippen molar-refractivity contribution in [1.29, 1.82) is 0 Å². The number of aliphatic carboxylic acids is 1. The maximum absolute atomic E-state index is 12.2. The maximum Gasteiger partial charge on any atom is 0.307 e. The number of carboxylic acid groups (broad SMARTS) is 1. The summed E-state index contributed by atoms with van der Waals surface area (Å²) < 4.78 is 1.78. The molecule has 0 spiro atoms. The lowest BCUT2D eigenvalue weighted by Gasteiger charge is -2.15. The lowest BCUT2D eigenvalue weighted by Crippen LogP contribution is -2.35. The maximum atomic E-state index is 12.2. The van der Waals surface area contributed by atoms with Crippen molar-refractivity contribution >= 4 is 11.9 Å². The molecule has 1 aromatic heterocycles. The van der Waals surface area contributed by atoms with E-state index in [1.54, 1.807) is 4.68 Å². The minimum atomic E-state index is -0.864. The number of aryl methyl sites for hydroxylation is 2. The molecule has 0 bridgehead atoms. The van der Waals surface area contributed by atoms with Gasteiger partial charge in [-0.3, -0.25) is 14.3 Å². The van der Waals surface area contributed by atoms with Crippen LogP contribution < -0.4 is 5.32 Å². The number of hydrogen-bond acceptors (Lipinski definition) is 3. The summed E-state index contributed by atoms with van der Waals surface area (Å²) in [4.78, 5) is 23.3. The zero-order chi connectivity index (χ0) is 14.9. The van der Waals surface area contributed by atoms with Crippen LogP contribution in [0, 0.1) is 25.7 Å². The summed E-state index contributed by atoms with van der Waals surface area (Å²) in [5, 5.41) is 16.3. The van der Waals surface area contributed by atoms with E-state index in [0.717, 1.165) is 23.4 Å². The smallest absolute Gasteiger partial charge is 0.307 e. The van der Waals surface area contributed by atoms with Gasteiger partial charge >= 0.3 is 5.97 Å². The second kappa shape index (κ2) is 5.64. The van der Waals surface area contributed by atoms with Crippen molar-refractivity contribution in [2.45, 2.75) is 39.7 Å². The van der Waals surface area contributed by atoms with Gasteiger partial charge in [-0.15, -0.1) is 0 Å². The van der Waals surface area contributed by atoms with E-state index in [4.69, 9.17) is 5.11 Å². The molecule has 1 amide bonds. The number of nitrogens with one attached hydrogen (secondary N) is 1. The third-order valence-electron chi connectivity index (χ3n) is 4.27. The Kier molecular flexibility index (Phi) is 4.11. The second-order valence-corrected chi connectivity index (χ2v) is 5.47. The summed E-state index contributed by atoms with van der Waals surface area (Å²) in [6.45, 7) is 4.27. The topological polar surface area (TPSA) is 84.2 Å². The van der Waals surface area contributed by atoms with Gasteiger partial charge in [0.2, 0.25) is 5.91 Å². The molecule has 1 heterocycles. The molecule has 0 aliphatic heterocycles. The molecule has 1 aliphatic rings. The van der Waals surface area contributed by atoms with Crippen LogP contribution in [0.5, 0.6) is 0 Å². The first-order chi connectivity index (χ1) is 9.41.